The van der Waals surface area contributed by atoms with Crippen LogP contribution in [0.15, 0.2) is 0 Å². The lowest BCUT2D eigenvalue weighted by molar-refractivity contribution is -0.130. The molecule has 2 rings (SSSR count). The van der Waals surface area contributed by atoms with Crippen molar-refractivity contribution < 1.29 is 14.4 Å². The summed E-state index contributed by atoms with van der Waals surface area (Å²) in [6.07, 6.45) is 4.55. The van der Waals surface area contributed by atoms with Crippen molar-refractivity contribution in [3.8, 4) is 0 Å². The van der Waals surface area contributed by atoms with Gasteiger partial charge >= 0.3 is 0 Å². The monoisotopic (exact) mass is 355 g/mol. The van der Waals surface area contributed by atoms with Crippen molar-refractivity contribution in [1.82, 2.24) is 15.5 Å². The minimum absolute atomic E-state index is 0.0467. The summed E-state index contributed by atoms with van der Waals surface area (Å²) in [5.41, 5.74) is 0. The topological polar surface area (TPSA) is 78.5 Å². The van der Waals surface area contributed by atoms with Gasteiger partial charge in [0.05, 0.1) is 18.5 Å². The van der Waals surface area contributed by atoms with Gasteiger partial charge in [-0.15, -0.1) is 0 Å². The van der Waals surface area contributed by atoms with Crippen molar-refractivity contribution in [3.63, 3.8) is 0 Å². The number of thioether (sulfide) groups is 1. The van der Waals surface area contributed by atoms with E-state index < -0.39 is 0 Å². The Labute approximate surface area is 148 Å². The van der Waals surface area contributed by atoms with E-state index >= 15 is 0 Å². The molecule has 2 aliphatic rings. The maximum Gasteiger partial charge on any atom is 0.234 e. The summed E-state index contributed by atoms with van der Waals surface area (Å²) in [5, 5.41) is 5.95. The number of likely N-dealkylation sites (tertiary alicyclic amines) is 1. The Morgan fingerprint density at radius 2 is 2.17 bits per heavy atom. The van der Waals surface area contributed by atoms with Crippen molar-refractivity contribution in [2.45, 2.75) is 58.0 Å². The maximum absolute atomic E-state index is 12.4. The van der Waals surface area contributed by atoms with E-state index in [1.807, 2.05) is 11.8 Å². The average Bonchev–Trinajstić information content (AvgIpc) is 2.92. The van der Waals surface area contributed by atoms with Crippen LogP contribution in [0.3, 0.4) is 0 Å². The summed E-state index contributed by atoms with van der Waals surface area (Å²) in [4.78, 5) is 38.1. The number of nitrogens with one attached hydrogen (secondary N) is 2. The Morgan fingerprint density at radius 1 is 1.38 bits per heavy atom. The van der Waals surface area contributed by atoms with Crippen LogP contribution in [0.4, 0.5) is 0 Å². The summed E-state index contributed by atoms with van der Waals surface area (Å²) in [6, 6.07) is -0.131. The zero-order valence-corrected chi connectivity index (χ0v) is 15.5. The van der Waals surface area contributed by atoms with E-state index in [1.54, 1.807) is 0 Å². The molecule has 2 fully saturated rings. The van der Waals surface area contributed by atoms with Crippen molar-refractivity contribution in [1.29, 1.82) is 0 Å². The summed E-state index contributed by atoms with van der Waals surface area (Å²) >= 11 is 1.29. The number of hydrogen-bond acceptors (Lipinski definition) is 5. The molecule has 0 aromatic heterocycles. The lowest BCUT2D eigenvalue weighted by Gasteiger charge is -2.32. The molecule has 2 amide bonds. The number of piperidine rings is 1. The van der Waals surface area contributed by atoms with E-state index in [4.69, 9.17) is 0 Å². The number of carbonyl (C=O) groups is 3. The Bertz CT molecular complexity index is 472. The second-order valence-electron chi connectivity index (χ2n) is 6.85. The van der Waals surface area contributed by atoms with E-state index in [0.717, 1.165) is 44.4 Å². The summed E-state index contributed by atoms with van der Waals surface area (Å²) < 4.78 is 0. The van der Waals surface area contributed by atoms with Gasteiger partial charge in [0.1, 0.15) is 0 Å². The highest BCUT2D eigenvalue weighted by Gasteiger charge is 2.30. The Balaban J connectivity index is 1.76. The fourth-order valence-electron chi connectivity index (χ4n) is 3.35. The van der Waals surface area contributed by atoms with E-state index in [0.29, 0.717) is 6.54 Å². The van der Waals surface area contributed by atoms with Gasteiger partial charge in [-0.3, -0.25) is 19.3 Å². The second kappa shape index (κ2) is 9.42. The van der Waals surface area contributed by atoms with Gasteiger partial charge < -0.3 is 10.6 Å². The molecule has 24 heavy (non-hydrogen) atoms. The molecule has 3 atom stereocenters. The van der Waals surface area contributed by atoms with Gasteiger partial charge in [0.2, 0.25) is 16.9 Å². The molecule has 2 heterocycles. The molecule has 0 saturated carbocycles. The molecule has 0 aromatic carbocycles. The van der Waals surface area contributed by atoms with Gasteiger partial charge in [0.25, 0.3) is 0 Å². The van der Waals surface area contributed by atoms with E-state index in [9.17, 15) is 14.4 Å². The van der Waals surface area contributed by atoms with Crippen LogP contribution in [-0.4, -0.2) is 59.3 Å². The Morgan fingerprint density at radius 3 is 2.83 bits per heavy atom. The molecule has 2 saturated heterocycles. The molecule has 0 spiro atoms. The molecule has 7 heteroatoms. The molecular formula is C17H29N3O3S. The zero-order valence-electron chi connectivity index (χ0n) is 14.7. The van der Waals surface area contributed by atoms with Gasteiger partial charge in [-0.25, -0.2) is 0 Å². The minimum atomic E-state index is -0.332. The normalized spacial score (nSPS) is 26.2. The maximum atomic E-state index is 12.4. The van der Waals surface area contributed by atoms with E-state index in [1.165, 1.54) is 11.8 Å². The molecule has 0 bridgehead atoms. The van der Waals surface area contributed by atoms with Crippen LogP contribution in [0.5, 0.6) is 0 Å². The molecule has 2 aliphatic heterocycles. The SMILES string of the molecule is CCCC(C)NC(=O)C1CCCN(CC(=O)NC2CCSC2=O)C1. The highest BCUT2D eigenvalue weighted by molar-refractivity contribution is 8.14. The molecule has 2 N–H and O–H groups in total. The van der Waals surface area contributed by atoms with Gasteiger partial charge in [-0.1, -0.05) is 25.1 Å². The van der Waals surface area contributed by atoms with Crippen LogP contribution < -0.4 is 10.6 Å². The smallest absolute Gasteiger partial charge is 0.234 e. The molecule has 0 radical (unpaired) electrons. The minimum Gasteiger partial charge on any atom is -0.353 e. The predicted octanol–water partition coefficient (Wildman–Crippen LogP) is 1.15. The number of carbonyl (C=O) groups excluding carboxylic acids is 3. The summed E-state index contributed by atoms with van der Waals surface area (Å²) in [6.45, 7) is 5.85. The van der Waals surface area contributed by atoms with Crippen LogP contribution in [-0.2, 0) is 14.4 Å². The highest BCUT2D eigenvalue weighted by Crippen LogP contribution is 2.20. The van der Waals surface area contributed by atoms with Crippen LogP contribution in [0.25, 0.3) is 0 Å². The second-order valence-corrected chi connectivity index (χ2v) is 7.95. The van der Waals surface area contributed by atoms with Gasteiger partial charge in [0, 0.05) is 18.3 Å². The first-order valence-corrected chi connectivity index (χ1v) is 9.97. The van der Waals surface area contributed by atoms with Gasteiger partial charge in [-0.05, 0) is 39.2 Å². The highest BCUT2D eigenvalue weighted by atomic mass is 32.2. The average molecular weight is 356 g/mol. The molecule has 3 unspecified atom stereocenters. The first-order chi connectivity index (χ1) is 11.5. The number of nitrogens with zero attached hydrogens (tertiary/aromatic N) is 1. The third-order valence-corrected chi connectivity index (χ3v) is 5.63. The first-order valence-electron chi connectivity index (χ1n) is 8.98. The Hall–Kier alpha value is -1.08. The van der Waals surface area contributed by atoms with Crippen LogP contribution in [0.1, 0.15) is 46.0 Å². The van der Waals surface area contributed by atoms with E-state index in [-0.39, 0.29) is 41.5 Å². The molecule has 0 aromatic rings. The van der Waals surface area contributed by atoms with E-state index in [2.05, 4.69) is 17.6 Å². The lowest BCUT2D eigenvalue weighted by Crippen LogP contribution is -2.49. The predicted molar refractivity (Wildman–Crippen MR) is 95.7 cm³/mol. The molecular weight excluding hydrogens is 326 g/mol. The van der Waals surface area contributed by atoms with Crippen LogP contribution >= 0.6 is 11.8 Å². The van der Waals surface area contributed by atoms with Crippen molar-refractivity contribution in [2.24, 2.45) is 5.92 Å². The van der Waals surface area contributed by atoms with Crippen molar-refractivity contribution >= 4 is 28.7 Å². The third kappa shape index (κ3) is 5.77. The lowest BCUT2D eigenvalue weighted by atomic mass is 9.96. The van der Waals surface area contributed by atoms with Crippen molar-refractivity contribution in [2.75, 3.05) is 25.4 Å². The number of amides is 2. The van der Waals surface area contributed by atoms with Crippen LogP contribution in [0, 0.1) is 5.92 Å². The number of rotatable bonds is 7. The number of hydrogen-bond donors (Lipinski definition) is 2. The summed E-state index contributed by atoms with van der Waals surface area (Å²) in [5.74, 6) is 0.723. The van der Waals surface area contributed by atoms with Gasteiger partial charge in [0.15, 0.2) is 0 Å². The molecule has 6 nitrogen and oxygen atoms in total. The fourth-order valence-corrected chi connectivity index (χ4v) is 4.28. The molecule has 136 valence electrons. The fraction of sp³-hybridized carbons (Fsp3) is 0.824. The largest absolute Gasteiger partial charge is 0.353 e. The quantitative estimate of drug-likeness (QED) is 0.716. The van der Waals surface area contributed by atoms with Gasteiger partial charge in [-0.2, -0.15) is 0 Å². The summed E-state index contributed by atoms with van der Waals surface area (Å²) in [7, 11) is 0. The Kier molecular flexibility index (Phi) is 7.55. The standard InChI is InChI=1S/C17H29N3O3S/c1-3-5-12(2)18-16(22)13-6-4-8-20(10-13)11-15(21)19-14-7-9-24-17(14)23/h12-14H,3-11H2,1-2H3,(H,18,22)(H,19,21). The van der Waals surface area contributed by atoms with Crippen molar-refractivity contribution in [3.05, 3.63) is 0 Å². The zero-order chi connectivity index (χ0) is 17.5. The third-order valence-electron chi connectivity index (χ3n) is 4.62. The van der Waals surface area contributed by atoms with Crippen LogP contribution in [0.2, 0.25) is 0 Å². The molecule has 0 aliphatic carbocycles. The first kappa shape index (κ1) is 19.2.